The van der Waals surface area contributed by atoms with Crippen LogP contribution in [0.15, 0.2) is 59.5 Å². The molecule has 190 valence electrons. The third-order valence-electron chi connectivity index (χ3n) is 5.98. The third kappa shape index (κ3) is 4.99. The summed E-state index contributed by atoms with van der Waals surface area (Å²) in [6.07, 6.45) is -3.89. The van der Waals surface area contributed by atoms with Crippen molar-refractivity contribution in [2.45, 2.75) is 24.0 Å². The monoisotopic (exact) mass is 519 g/mol. The van der Waals surface area contributed by atoms with Crippen molar-refractivity contribution in [3.05, 3.63) is 76.9 Å². The molecular formula is C25H24F3N3O4S. The average Bonchev–Trinajstić information content (AvgIpc) is 2.82. The van der Waals surface area contributed by atoms with Gasteiger partial charge in [-0.3, -0.25) is 14.5 Å². The quantitative estimate of drug-likeness (QED) is 0.457. The van der Waals surface area contributed by atoms with Crippen molar-refractivity contribution < 1.29 is 31.2 Å². The van der Waals surface area contributed by atoms with Gasteiger partial charge in [0.2, 0.25) is 10.0 Å². The highest BCUT2D eigenvalue weighted by molar-refractivity contribution is 7.89. The Hall–Kier alpha value is -3.28. The minimum absolute atomic E-state index is 0.128. The van der Waals surface area contributed by atoms with Crippen LogP contribution in [-0.4, -0.2) is 57.2 Å². The molecule has 0 aliphatic carbocycles. The Morgan fingerprint density at radius 1 is 0.917 bits per heavy atom. The second kappa shape index (κ2) is 9.64. The standard InChI is InChI=1S/C25H24F3N3O4S/c1-30(2)13-4-14-31-23(32)19-6-3-5-18-21(12-11-20(22(18)19)24(31)33)36(34,35)29-15-16-7-9-17(10-8-16)25(26,27)28/h3,5-12,29H,4,13-15H2,1-2H3. The molecule has 7 nitrogen and oxygen atoms in total. The van der Waals surface area contributed by atoms with Crippen molar-refractivity contribution in [3.63, 3.8) is 0 Å². The van der Waals surface area contributed by atoms with Crippen LogP contribution in [0.4, 0.5) is 13.2 Å². The molecule has 36 heavy (non-hydrogen) atoms. The number of hydrogen-bond donors (Lipinski definition) is 1. The number of hydrogen-bond acceptors (Lipinski definition) is 5. The zero-order valence-corrected chi connectivity index (χ0v) is 20.4. The highest BCUT2D eigenvalue weighted by Gasteiger charge is 2.34. The predicted molar refractivity (Wildman–Crippen MR) is 128 cm³/mol. The van der Waals surface area contributed by atoms with E-state index in [0.717, 1.165) is 12.1 Å². The van der Waals surface area contributed by atoms with Crippen molar-refractivity contribution in [2.75, 3.05) is 27.2 Å². The first-order valence-corrected chi connectivity index (χ1v) is 12.6. The first kappa shape index (κ1) is 25.8. The lowest BCUT2D eigenvalue weighted by Gasteiger charge is -2.28. The van der Waals surface area contributed by atoms with E-state index in [4.69, 9.17) is 0 Å². The maximum Gasteiger partial charge on any atom is 0.416 e. The summed E-state index contributed by atoms with van der Waals surface area (Å²) in [6, 6.07) is 11.5. The summed E-state index contributed by atoms with van der Waals surface area (Å²) >= 11 is 0. The number of imide groups is 1. The van der Waals surface area contributed by atoms with Crippen LogP contribution < -0.4 is 4.72 Å². The molecule has 0 spiro atoms. The number of sulfonamides is 1. The minimum Gasteiger partial charge on any atom is -0.309 e. The molecule has 0 saturated heterocycles. The minimum atomic E-state index is -4.49. The number of alkyl halides is 3. The van der Waals surface area contributed by atoms with E-state index in [1.54, 1.807) is 12.1 Å². The molecule has 0 atom stereocenters. The van der Waals surface area contributed by atoms with Gasteiger partial charge in [-0.15, -0.1) is 0 Å². The molecule has 0 radical (unpaired) electrons. The van der Waals surface area contributed by atoms with Crippen LogP contribution in [0.3, 0.4) is 0 Å². The van der Waals surface area contributed by atoms with Gasteiger partial charge in [-0.2, -0.15) is 13.2 Å². The topological polar surface area (TPSA) is 86.8 Å². The Morgan fingerprint density at radius 3 is 2.17 bits per heavy atom. The predicted octanol–water partition coefficient (Wildman–Crippen LogP) is 3.88. The maximum atomic E-state index is 13.1. The van der Waals surface area contributed by atoms with Crippen molar-refractivity contribution in [2.24, 2.45) is 0 Å². The van der Waals surface area contributed by atoms with Crippen LogP contribution in [0.5, 0.6) is 0 Å². The Morgan fingerprint density at radius 2 is 1.56 bits per heavy atom. The number of amides is 2. The number of rotatable bonds is 8. The highest BCUT2D eigenvalue weighted by Crippen LogP contribution is 2.34. The Balaban J connectivity index is 1.63. The molecule has 3 aromatic rings. The lowest BCUT2D eigenvalue weighted by molar-refractivity contribution is -0.137. The van der Waals surface area contributed by atoms with E-state index in [0.29, 0.717) is 18.5 Å². The summed E-state index contributed by atoms with van der Waals surface area (Å²) < 4.78 is 67.0. The molecule has 0 aromatic heterocycles. The van der Waals surface area contributed by atoms with Gasteiger partial charge >= 0.3 is 6.18 Å². The first-order valence-electron chi connectivity index (χ1n) is 11.1. The van der Waals surface area contributed by atoms with Gasteiger partial charge in [-0.25, -0.2) is 13.1 Å². The molecule has 0 fully saturated rings. The van der Waals surface area contributed by atoms with E-state index in [-0.39, 0.29) is 39.9 Å². The number of carbonyl (C=O) groups is 2. The van der Waals surface area contributed by atoms with Gasteiger partial charge in [-0.1, -0.05) is 24.3 Å². The molecule has 11 heteroatoms. The van der Waals surface area contributed by atoms with Crippen molar-refractivity contribution in [1.29, 1.82) is 0 Å². The van der Waals surface area contributed by atoms with E-state index >= 15 is 0 Å². The van der Waals surface area contributed by atoms with Crippen LogP contribution in [0, 0.1) is 0 Å². The fourth-order valence-electron chi connectivity index (χ4n) is 4.17. The second-order valence-corrected chi connectivity index (χ2v) is 10.5. The molecule has 4 rings (SSSR count). The molecular weight excluding hydrogens is 495 g/mol. The summed E-state index contributed by atoms with van der Waals surface area (Å²) in [4.78, 5) is 29.2. The highest BCUT2D eigenvalue weighted by atomic mass is 32.2. The summed E-state index contributed by atoms with van der Waals surface area (Å²) in [7, 11) is -0.343. The van der Waals surface area contributed by atoms with E-state index in [2.05, 4.69) is 4.72 Å². The smallest absolute Gasteiger partial charge is 0.309 e. The van der Waals surface area contributed by atoms with Crippen LogP contribution in [0.25, 0.3) is 10.8 Å². The summed E-state index contributed by atoms with van der Waals surface area (Å²) in [5.74, 6) is -0.965. The fraction of sp³-hybridized carbons (Fsp3) is 0.280. The van der Waals surface area contributed by atoms with Gasteiger partial charge in [0.05, 0.1) is 10.5 Å². The molecule has 1 N–H and O–H groups in total. The van der Waals surface area contributed by atoms with E-state index in [1.165, 1.54) is 35.2 Å². The maximum absolute atomic E-state index is 13.1. The fourth-order valence-corrected chi connectivity index (χ4v) is 5.39. The van der Waals surface area contributed by atoms with Gasteiger partial charge < -0.3 is 4.90 Å². The van der Waals surface area contributed by atoms with Gasteiger partial charge in [0.1, 0.15) is 0 Å². The largest absolute Gasteiger partial charge is 0.416 e. The van der Waals surface area contributed by atoms with E-state index < -0.39 is 33.6 Å². The van der Waals surface area contributed by atoms with Gasteiger partial charge in [-0.05, 0) is 63.0 Å². The number of halogens is 3. The summed E-state index contributed by atoms with van der Waals surface area (Å²) in [5.41, 5.74) is -0.00530. The third-order valence-corrected chi connectivity index (χ3v) is 7.44. The van der Waals surface area contributed by atoms with E-state index in [9.17, 15) is 31.2 Å². The van der Waals surface area contributed by atoms with Gasteiger partial charge in [0.25, 0.3) is 11.8 Å². The summed E-state index contributed by atoms with van der Waals surface area (Å²) in [6.45, 7) is 0.692. The van der Waals surface area contributed by atoms with Crippen LogP contribution >= 0.6 is 0 Å². The molecule has 1 aliphatic rings. The molecule has 2 amide bonds. The number of nitrogens with one attached hydrogen (secondary N) is 1. The molecule has 3 aromatic carbocycles. The molecule has 0 bridgehead atoms. The molecule has 1 heterocycles. The number of nitrogens with zero attached hydrogens (tertiary/aromatic N) is 2. The van der Waals surface area contributed by atoms with Crippen molar-refractivity contribution in [1.82, 2.24) is 14.5 Å². The van der Waals surface area contributed by atoms with Gasteiger partial charge in [0.15, 0.2) is 0 Å². The SMILES string of the molecule is CN(C)CCCN1C(=O)c2cccc3c(S(=O)(=O)NCc4ccc(C(F)(F)F)cc4)ccc(c23)C1=O. The zero-order valence-electron chi connectivity index (χ0n) is 19.6. The van der Waals surface area contributed by atoms with Crippen LogP contribution in [0.2, 0.25) is 0 Å². The Bertz CT molecular complexity index is 1410. The summed E-state index contributed by atoms with van der Waals surface area (Å²) in [5, 5.41) is 0.494. The number of carbonyl (C=O) groups excluding carboxylic acids is 2. The van der Waals surface area contributed by atoms with Crippen molar-refractivity contribution >= 4 is 32.6 Å². The molecule has 1 aliphatic heterocycles. The molecule has 0 unspecified atom stereocenters. The van der Waals surface area contributed by atoms with Gasteiger partial charge in [0, 0.05) is 35.0 Å². The van der Waals surface area contributed by atoms with E-state index in [1.807, 2.05) is 19.0 Å². The zero-order chi connectivity index (χ0) is 26.3. The lowest BCUT2D eigenvalue weighted by atomic mass is 9.94. The lowest BCUT2D eigenvalue weighted by Crippen LogP contribution is -2.41. The average molecular weight is 520 g/mol. The number of benzene rings is 3. The van der Waals surface area contributed by atoms with Crippen LogP contribution in [0.1, 0.15) is 38.3 Å². The molecule has 0 saturated carbocycles. The normalized spacial score (nSPS) is 14.2. The van der Waals surface area contributed by atoms with Crippen molar-refractivity contribution in [3.8, 4) is 0 Å². The second-order valence-electron chi connectivity index (χ2n) is 8.78. The van der Waals surface area contributed by atoms with Crippen LogP contribution in [-0.2, 0) is 22.7 Å². The Labute approximate surface area is 206 Å². The Kier molecular flexibility index (Phi) is 6.91. The first-order chi connectivity index (χ1) is 16.9.